The summed E-state index contributed by atoms with van der Waals surface area (Å²) in [7, 11) is -2.81. The minimum atomic E-state index is -2.81. The van der Waals surface area contributed by atoms with Crippen molar-refractivity contribution in [3.63, 3.8) is 0 Å². The van der Waals surface area contributed by atoms with Crippen LogP contribution in [0.1, 0.15) is 32.6 Å². The van der Waals surface area contributed by atoms with Gasteiger partial charge in [0.25, 0.3) is 0 Å². The quantitative estimate of drug-likeness (QED) is 0.619. The van der Waals surface area contributed by atoms with Gasteiger partial charge in [0.2, 0.25) is 0 Å². The van der Waals surface area contributed by atoms with Gasteiger partial charge in [-0.05, 0) is 24.7 Å². The van der Waals surface area contributed by atoms with Gasteiger partial charge in [0.15, 0.2) is 0 Å². The molecule has 0 aromatic rings. The second kappa shape index (κ2) is 7.28. The van der Waals surface area contributed by atoms with Gasteiger partial charge in [-0.3, -0.25) is 0 Å². The standard InChI is InChI=1S/C10H20Br2O2S/c1-3-5-10(8-11,9-12)6-4-7-15(2,13)14/h3-9H2,1-2H3. The maximum atomic E-state index is 11.0. The van der Waals surface area contributed by atoms with Crippen LogP contribution in [-0.2, 0) is 9.84 Å². The molecule has 0 aliphatic heterocycles. The van der Waals surface area contributed by atoms with Crippen LogP contribution in [0.2, 0.25) is 0 Å². The Balaban J connectivity index is 4.18. The largest absolute Gasteiger partial charge is 0.229 e. The third-order valence-corrected chi connectivity index (χ3v) is 5.98. The van der Waals surface area contributed by atoms with Crippen molar-refractivity contribution >= 4 is 41.7 Å². The first-order valence-electron chi connectivity index (χ1n) is 5.19. The SMILES string of the molecule is CCCC(CBr)(CBr)CCCS(C)(=O)=O. The molecule has 0 aromatic carbocycles. The molecule has 0 aliphatic carbocycles. The second-order valence-electron chi connectivity index (χ2n) is 4.25. The molecule has 0 unspecified atom stereocenters. The minimum absolute atomic E-state index is 0.222. The number of hydrogen-bond donors (Lipinski definition) is 0. The molecule has 5 heteroatoms. The third-order valence-electron chi connectivity index (χ3n) is 2.57. The van der Waals surface area contributed by atoms with Crippen LogP contribution in [0.15, 0.2) is 0 Å². The zero-order valence-corrected chi connectivity index (χ0v) is 13.4. The van der Waals surface area contributed by atoms with Gasteiger partial charge < -0.3 is 0 Å². The van der Waals surface area contributed by atoms with E-state index in [4.69, 9.17) is 0 Å². The predicted molar refractivity (Wildman–Crippen MR) is 73.9 cm³/mol. The van der Waals surface area contributed by atoms with E-state index >= 15 is 0 Å². The van der Waals surface area contributed by atoms with Crippen molar-refractivity contribution in [1.29, 1.82) is 0 Å². The Morgan fingerprint density at radius 3 is 2.00 bits per heavy atom. The molecule has 0 aromatic heterocycles. The summed E-state index contributed by atoms with van der Waals surface area (Å²) in [4.78, 5) is 0. The Morgan fingerprint density at radius 1 is 1.13 bits per heavy atom. The summed E-state index contributed by atoms with van der Waals surface area (Å²) in [6.45, 7) is 2.16. The lowest BCUT2D eigenvalue weighted by Crippen LogP contribution is -2.25. The molecule has 2 nitrogen and oxygen atoms in total. The van der Waals surface area contributed by atoms with Gasteiger partial charge in [0.05, 0.1) is 0 Å². The number of sulfone groups is 1. The molecule has 92 valence electrons. The van der Waals surface area contributed by atoms with E-state index in [1.807, 2.05) is 0 Å². The second-order valence-corrected chi connectivity index (χ2v) is 7.63. The van der Waals surface area contributed by atoms with E-state index in [-0.39, 0.29) is 5.41 Å². The van der Waals surface area contributed by atoms with Crippen LogP contribution >= 0.6 is 31.9 Å². The first kappa shape index (κ1) is 15.9. The Bertz CT molecular complexity index is 259. The Labute approximate surface area is 110 Å². The highest BCUT2D eigenvalue weighted by atomic mass is 79.9. The van der Waals surface area contributed by atoms with Crippen LogP contribution in [-0.4, -0.2) is 31.1 Å². The topological polar surface area (TPSA) is 34.1 Å². The Kier molecular flexibility index (Phi) is 7.72. The zero-order chi connectivity index (χ0) is 11.9. The third kappa shape index (κ3) is 6.95. The van der Waals surface area contributed by atoms with E-state index in [1.165, 1.54) is 6.26 Å². The summed E-state index contributed by atoms with van der Waals surface area (Å²) in [6, 6.07) is 0. The smallest absolute Gasteiger partial charge is 0.147 e. The fraction of sp³-hybridized carbons (Fsp3) is 1.00. The van der Waals surface area contributed by atoms with Crippen molar-refractivity contribution < 1.29 is 8.42 Å². The number of rotatable bonds is 8. The zero-order valence-electron chi connectivity index (χ0n) is 9.43. The van der Waals surface area contributed by atoms with Crippen molar-refractivity contribution in [3.05, 3.63) is 0 Å². The lowest BCUT2D eigenvalue weighted by molar-refractivity contribution is 0.323. The first-order valence-corrected chi connectivity index (χ1v) is 9.49. The highest BCUT2D eigenvalue weighted by Gasteiger charge is 2.26. The van der Waals surface area contributed by atoms with E-state index in [2.05, 4.69) is 38.8 Å². The van der Waals surface area contributed by atoms with Gasteiger partial charge in [-0.15, -0.1) is 0 Å². The van der Waals surface area contributed by atoms with Crippen LogP contribution < -0.4 is 0 Å². The van der Waals surface area contributed by atoms with E-state index < -0.39 is 9.84 Å². The summed E-state index contributed by atoms with van der Waals surface area (Å²) >= 11 is 7.07. The molecule has 0 heterocycles. The molecular formula is C10H20Br2O2S. The molecule has 0 amide bonds. The van der Waals surface area contributed by atoms with Gasteiger partial charge >= 0.3 is 0 Å². The van der Waals surface area contributed by atoms with Crippen molar-refractivity contribution in [1.82, 2.24) is 0 Å². The summed E-state index contributed by atoms with van der Waals surface area (Å²) < 4.78 is 22.1. The minimum Gasteiger partial charge on any atom is -0.229 e. The summed E-state index contributed by atoms with van der Waals surface area (Å²) in [5, 5.41) is 1.87. The van der Waals surface area contributed by atoms with Crippen LogP contribution in [0.4, 0.5) is 0 Å². The van der Waals surface area contributed by atoms with Gasteiger partial charge in [0.1, 0.15) is 9.84 Å². The molecular weight excluding hydrogens is 344 g/mol. The normalized spacial score (nSPS) is 13.1. The molecule has 0 fully saturated rings. The van der Waals surface area contributed by atoms with E-state index in [9.17, 15) is 8.42 Å². The molecule has 15 heavy (non-hydrogen) atoms. The molecule has 0 atom stereocenters. The maximum Gasteiger partial charge on any atom is 0.147 e. The molecule has 0 bridgehead atoms. The molecule has 0 spiro atoms. The fourth-order valence-corrected chi connectivity index (χ4v) is 4.39. The summed E-state index contributed by atoms with van der Waals surface area (Å²) in [5.74, 6) is 0.304. The van der Waals surface area contributed by atoms with Crippen molar-refractivity contribution in [2.75, 3.05) is 22.7 Å². The highest BCUT2D eigenvalue weighted by molar-refractivity contribution is 9.09. The van der Waals surface area contributed by atoms with Crippen LogP contribution in [0.5, 0.6) is 0 Å². The summed E-state index contributed by atoms with van der Waals surface area (Å²) in [6.07, 6.45) is 5.29. The molecule has 0 saturated carbocycles. The molecule has 0 radical (unpaired) electrons. The molecule has 0 saturated heterocycles. The van der Waals surface area contributed by atoms with Crippen LogP contribution in [0.25, 0.3) is 0 Å². The van der Waals surface area contributed by atoms with Crippen LogP contribution in [0, 0.1) is 5.41 Å². The van der Waals surface area contributed by atoms with E-state index in [0.717, 1.165) is 36.3 Å². The molecule has 0 N–H and O–H groups in total. The van der Waals surface area contributed by atoms with Gasteiger partial charge in [-0.25, -0.2) is 8.42 Å². The monoisotopic (exact) mass is 362 g/mol. The fourth-order valence-electron chi connectivity index (χ4n) is 1.67. The highest BCUT2D eigenvalue weighted by Crippen LogP contribution is 2.34. The van der Waals surface area contributed by atoms with E-state index in [0.29, 0.717) is 5.75 Å². The number of alkyl halides is 2. The average molecular weight is 364 g/mol. The van der Waals surface area contributed by atoms with Gasteiger partial charge in [0, 0.05) is 22.7 Å². The van der Waals surface area contributed by atoms with Gasteiger partial charge in [-0.2, -0.15) is 0 Å². The maximum absolute atomic E-state index is 11.0. The van der Waals surface area contributed by atoms with Gasteiger partial charge in [-0.1, -0.05) is 45.2 Å². The van der Waals surface area contributed by atoms with Crippen LogP contribution in [0.3, 0.4) is 0 Å². The van der Waals surface area contributed by atoms with Crippen molar-refractivity contribution in [2.24, 2.45) is 5.41 Å². The first-order chi connectivity index (χ1) is 6.89. The lowest BCUT2D eigenvalue weighted by Gasteiger charge is -2.29. The Morgan fingerprint density at radius 2 is 1.67 bits per heavy atom. The molecule has 0 rings (SSSR count). The lowest BCUT2D eigenvalue weighted by atomic mass is 9.83. The average Bonchev–Trinajstić information content (AvgIpc) is 2.14. The Hall–Kier alpha value is 0.910. The molecule has 0 aliphatic rings. The van der Waals surface area contributed by atoms with Crippen molar-refractivity contribution in [3.8, 4) is 0 Å². The summed E-state index contributed by atoms with van der Waals surface area (Å²) in [5.41, 5.74) is 0.222. The number of hydrogen-bond acceptors (Lipinski definition) is 2. The number of halogens is 2. The van der Waals surface area contributed by atoms with Crippen molar-refractivity contribution in [2.45, 2.75) is 32.6 Å². The van der Waals surface area contributed by atoms with E-state index in [1.54, 1.807) is 0 Å². The predicted octanol–water partition coefficient (Wildman–Crippen LogP) is 3.39.